The number of thiazole rings is 1. The van der Waals surface area contributed by atoms with E-state index in [-0.39, 0.29) is 18.2 Å². The maximum Gasteiger partial charge on any atom is 0.328 e. The van der Waals surface area contributed by atoms with Gasteiger partial charge in [-0.2, -0.15) is 0 Å². The van der Waals surface area contributed by atoms with Gasteiger partial charge in [-0.1, -0.05) is 13.8 Å². The van der Waals surface area contributed by atoms with Crippen molar-refractivity contribution in [3.63, 3.8) is 0 Å². The van der Waals surface area contributed by atoms with Gasteiger partial charge in [-0.15, -0.1) is 22.7 Å². The SMILES string of the molecule is COC(=O)[C@@H](CC(C)C)NC(=O)Cc1csc(-c2cc(Br)cs2)n1. The van der Waals surface area contributed by atoms with Crippen LogP contribution in [0.4, 0.5) is 0 Å². The predicted molar refractivity (Wildman–Crippen MR) is 100 cm³/mol. The zero-order valence-corrected chi connectivity index (χ0v) is 16.9. The lowest BCUT2D eigenvalue weighted by Crippen LogP contribution is -2.43. The number of hydrogen-bond donors (Lipinski definition) is 1. The molecule has 24 heavy (non-hydrogen) atoms. The van der Waals surface area contributed by atoms with Crippen LogP contribution in [0.15, 0.2) is 21.3 Å². The van der Waals surface area contributed by atoms with Gasteiger partial charge in [-0.3, -0.25) is 4.79 Å². The summed E-state index contributed by atoms with van der Waals surface area (Å²) in [7, 11) is 1.33. The number of nitrogens with zero attached hydrogens (tertiary/aromatic N) is 1. The number of carbonyl (C=O) groups is 2. The molecule has 2 aromatic heterocycles. The van der Waals surface area contributed by atoms with Gasteiger partial charge >= 0.3 is 5.97 Å². The fourth-order valence-corrected chi connectivity index (χ4v) is 4.49. The molecule has 8 heteroatoms. The first-order valence-electron chi connectivity index (χ1n) is 7.45. The largest absolute Gasteiger partial charge is 0.467 e. The molecule has 0 aromatic carbocycles. The number of halogens is 1. The Morgan fingerprint density at radius 3 is 2.67 bits per heavy atom. The number of esters is 1. The van der Waals surface area contributed by atoms with Crippen molar-refractivity contribution in [1.29, 1.82) is 0 Å². The molecular weight excluding hydrogens is 412 g/mol. The molecule has 0 aliphatic carbocycles. The normalized spacial score (nSPS) is 12.2. The average molecular weight is 431 g/mol. The van der Waals surface area contributed by atoms with Gasteiger partial charge in [-0.25, -0.2) is 9.78 Å². The Bertz CT molecular complexity index is 712. The lowest BCUT2D eigenvalue weighted by atomic mass is 10.0. The summed E-state index contributed by atoms with van der Waals surface area (Å²) >= 11 is 6.53. The molecule has 0 saturated heterocycles. The lowest BCUT2D eigenvalue weighted by molar-refractivity contribution is -0.145. The Balaban J connectivity index is 1.98. The molecule has 0 radical (unpaired) electrons. The monoisotopic (exact) mass is 430 g/mol. The van der Waals surface area contributed by atoms with E-state index in [1.165, 1.54) is 18.4 Å². The van der Waals surface area contributed by atoms with Crippen molar-refractivity contribution >= 4 is 50.5 Å². The smallest absolute Gasteiger partial charge is 0.328 e. The molecule has 1 amide bonds. The van der Waals surface area contributed by atoms with E-state index in [9.17, 15) is 9.59 Å². The van der Waals surface area contributed by atoms with Gasteiger partial charge in [0, 0.05) is 15.2 Å². The zero-order valence-electron chi connectivity index (χ0n) is 13.7. The van der Waals surface area contributed by atoms with Crippen LogP contribution in [-0.2, 0) is 20.7 Å². The van der Waals surface area contributed by atoms with E-state index < -0.39 is 12.0 Å². The van der Waals surface area contributed by atoms with Gasteiger partial charge in [0.05, 0.1) is 24.1 Å². The second-order valence-electron chi connectivity index (χ2n) is 5.72. The first-order valence-corrected chi connectivity index (χ1v) is 10.00. The van der Waals surface area contributed by atoms with E-state index in [1.807, 2.05) is 30.7 Å². The highest BCUT2D eigenvalue weighted by Gasteiger charge is 2.23. The number of aromatic nitrogens is 1. The van der Waals surface area contributed by atoms with E-state index in [0.717, 1.165) is 14.4 Å². The highest BCUT2D eigenvalue weighted by Crippen LogP contribution is 2.32. The highest BCUT2D eigenvalue weighted by molar-refractivity contribution is 9.10. The maximum absolute atomic E-state index is 12.2. The summed E-state index contributed by atoms with van der Waals surface area (Å²) in [4.78, 5) is 29.5. The number of methoxy groups -OCH3 is 1. The lowest BCUT2D eigenvalue weighted by Gasteiger charge is -2.18. The first kappa shape index (κ1) is 19.1. The molecule has 1 atom stereocenters. The molecule has 1 N–H and O–H groups in total. The number of thiophene rings is 1. The Morgan fingerprint density at radius 1 is 1.33 bits per heavy atom. The summed E-state index contributed by atoms with van der Waals surface area (Å²) in [6.45, 7) is 3.99. The van der Waals surface area contributed by atoms with Crippen molar-refractivity contribution in [3.05, 3.63) is 27.0 Å². The van der Waals surface area contributed by atoms with E-state index in [2.05, 4.69) is 26.2 Å². The Hall–Kier alpha value is -1.25. The minimum Gasteiger partial charge on any atom is -0.467 e. The second-order valence-corrected chi connectivity index (χ2v) is 8.41. The minimum absolute atomic E-state index is 0.147. The van der Waals surface area contributed by atoms with E-state index >= 15 is 0 Å². The molecule has 0 spiro atoms. The van der Waals surface area contributed by atoms with Gasteiger partial charge in [0.1, 0.15) is 11.0 Å². The van der Waals surface area contributed by atoms with Gasteiger partial charge in [-0.05, 0) is 34.3 Å². The summed E-state index contributed by atoms with van der Waals surface area (Å²) < 4.78 is 5.78. The van der Waals surface area contributed by atoms with Crippen LogP contribution >= 0.6 is 38.6 Å². The Kier molecular flexibility index (Phi) is 6.94. The maximum atomic E-state index is 12.2. The molecule has 0 fully saturated rings. The van der Waals surface area contributed by atoms with Crippen LogP contribution in [-0.4, -0.2) is 30.0 Å². The third-order valence-corrected chi connectivity index (χ3v) is 5.95. The van der Waals surface area contributed by atoms with Crippen LogP contribution in [0.25, 0.3) is 9.88 Å². The number of amides is 1. The van der Waals surface area contributed by atoms with Crippen LogP contribution < -0.4 is 5.32 Å². The van der Waals surface area contributed by atoms with Crippen molar-refractivity contribution in [2.24, 2.45) is 5.92 Å². The molecule has 130 valence electrons. The Morgan fingerprint density at radius 2 is 2.08 bits per heavy atom. The molecule has 5 nitrogen and oxygen atoms in total. The third-order valence-electron chi connectivity index (χ3n) is 3.20. The molecule has 0 aliphatic rings. The molecule has 0 aliphatic heterocycles. The number of nitrogens with one attached hydrogen (secondary N) is 1. The number of hydrogen-bond acceptors (Lipinski definition) is 6. The summed E-state index contributed by atoms with van der Waals surface area (Å²) in [6, 6.07) is 1.39. The number of rotatable bonds is 7. The minimum atomic E-state index is -0.617. The molecule has 0 unspecified atom stereocenters. The van der Waals surface area contributed by atoms with Crippen LogP contribution in [0.1, 0.15) is 26.0 Å². The van der Waals surface area contributed by atoms with Crippen molar-refractivity contribution < 1.29 is 14.3 Å². The molecular formula is C16H19BrN2O3S2. The average Bonchev–Trinajstić information content (AvgIpc) is 3.14. The first-order chi connectivity index (χ1) is 11.4. The van der Waals surface area contributed by atoms with Crippen molar-refractivity contribution in [2.75, 3.05) is 7.11 Å². The van der Waals surface area contributed by atoms with Crippen molar-refractivity contribution in [1.82, 2.24) is 10.3 Å². The van der Waals surface area contributed by atoms with Gasteiger partial charge in [0.25, 0.3) is 0 Å². The van der Waals surface area contributed by atoms with E-state index in [4.69, 9.17) is 4.74 Å². The van der Waals surface area contributed by atoms with Gasteiger partial charge < -0.3 is 10.1 Å². The molecule has 0 bridgehead atoms. The van der Waals surface area contributed by atoms with E-state index in [1.54, 1.807) is 11.3 Å². The standard InChI is InChI=1S/C16H19BrN2O3S2/c1-9(2)4-12(16(21)22-3)19-14(20)6-11-8-24-15(18-11)13-5-10(17)7-23-13/h5,7-9,12H,4,6H2,1-3H3,(H,19,20)/t12-/m1/s1. The molecule has 2 aromatic rings. The van der Waals surface area contributed by atoms with E-state index in [0.29, 0.717) is 12.1 Å². The Labute approximate surface area is 157 Å². The third kappa shape index (κ3) is 5.39. The predicted octanol–water partition coefficient (Wildman–Crippen LogP) is 3.88. The second kappa shape index (κ2) is 8.73. The quantitative estimate of drug-likeness (QED) is 0.676. The summed E-state index contributed by atoms with van der Waals surface area (Å²) in [6.07, 6.45) is 0.693. The fraction of sp³-hybridized carbons (Fsp3) is 0.438. The number of carbonyl (C=O) groups excluding carboxylic acids is 2. The summed E-state index contributed by atoms with van der Waals surface area (Å²) in [5, 5.41) is 7.51. The van der Waals surface area contributed by atoms with Crippen molar-refractivity contribution in [2.45, 2.75) is 32.7 Å². The van der Waals surface area contributed by atoms with Crippen LogP contribution in [0, 0.1) is 5.92 Å². The zero-order chi connectivity index (χ0) is 17.7. The number of ether oxygens (including phenoxy) is 1. The van der Waals surface area contributed by atoms with Crippen LogP contribution in [0.5, 0.6) is 0 Å². The topological polar surface area (TPSA) is 68.3 Å². The summed E-state index contributed by atoms with van der Waals surface area (Å²) in [5.41, 5.74) is 0.699. The van der Waals surface area contributed by atoms with Crippen molar-refractivity contribution in [3.8, 4) is 9.88 Å². The molecule has 2 rings (SSSR count). The summed E-state index contributed by atoms with van der Waals surface area (Å²) in [5.74, 6) is -0.368. The fourth-order valence-electron chi connectivity index (χ4n) is 2.16. The highest BCUT2D eigenvalue weighted by atomic mass is 79.9. The van der Waals surface area contributed by atoms with Crippen LogP contribution in [0.3, 0.4) is 0 Å². The van der Waals surface area contributed by atoms with Gasteiger partial charge in [0.15, 0.2) is 0 Å². The molecule has 0 saturated carbocycles. The van der Waals surface area contributed by atoms with Crippen LogP contribution in [0.2, 0.25) is 0 Å². The molecule has 2 heterocycles. The van der Waals surface area contributed by atoms with Gasteiger partial charge in [0.2, 0.25) is 5.91 Å².